The summed E-state index contributed by atoms with van der Waals surface area (Å²) < 4.78 is 5.37. The monoisotopic (exact) mass is 245 g/mol. The molecule has 0 saturated heterocycles. The molecule has 0 aliphatic rings. The summed E-state index contributed by atoms with van der Waals surface area (Å²) in [6.45, 7) is 9.67. The summed E-state index contributed by atoms with van der Waals surface area (Å²) in [7, 11) is 0. The van der Waals surface area contributed by atoms with Gasteiger partial charge in [-0.2, -0.15) is 4.37 Å². The molecule has 86 valence electrons. The molecule has 0 aliphatic carbocycles. The van der Waals surface area contributed by atoms with Crippen molar-refractivity contribution in [1.29, 1.82) is 0 Å². The minimum Gasteiger partial charge on any atom is -0.313 e. The van der Waals surface area contributed by atoms with Crippen LogP contribution in [0.4, 0.5) is 0 Å². The lowest BCUT2D eigenvalue weighted by atomic mass is 10.2. The van der Waals surface area contributed by atoms with Crippen molar-refractivity contribution in [2.75, 3.05) is 6.54 Å². The minimum atomic E-state index is 0.508. The van der Waals surface area contributed by atoms with Gasteiger partial charge in [0.2, 0.25) is 0 Å². The number of hydrogen-bond donors (Lipinski definition) is 1. The van der Waals surface area contributed by atoms with Crippen molar-refractivity contribution in [3.8, 4) is 0 Å². The number of rotatable bonds is 6. The van der Waals surface area contributed by atoms with Gasteiger partial charge in [-0.1, -0.05) is 32.5 Å². The average molecular weight is 245 g/mol. The summed E-state index contributed by atoms with van der Waals surface area (Å²) >= 11 is 3.32. The Morgan fingerprint density at radius 2 is 2.13 bits per heavy atom. The molecule has 0 radical (unpaired) electrons. The molecule has 0 amide bonds. The zero-order chi connectivity index (χ0) is 11.3. The van der Waals surface area contributed by atoms with E-state index in [1.54, 1.807) is 0 Å². The third kappa shape index (κ3) is 4.09. The van der Waals surface area contributed by atoms with Crippen molar-refractivity contribution >= 4 is 23.3 Å². The Morgan fingerprint density at radius 1 is 1.40 bits per heavy atom. The fourth-order valence-electron chi connectivity index (χ4n) is 1.18. The average Bonchev–Trinajstić information content (AvgIpc) is 2.66. The third-order valence-corrected chi connectivity index (χ3v) is 4.42. The Labute approximate surface area is 100 Å². The maximum atomic E-state index is 4.45. The van der Waals surface area contributed by atoms with Crippen molar-refractivity contribution in [1.82, 2.24) is 14.7 Å². The van der Waals surface area contributed by atoms with Crippen molar-refractivity contribution in [2.45, 2.75) is 49.7 Å². The fourth-order valence-corrected chi connectivity index (χ4v) is 3.19. The van der Waals surface area contributed by atoms with Gasteiger partial charge in [0.25, 0.3) is 0 Å². The SMILES string of the molecule is CCNC(C)C(C)Sc1nc(CC)ns1. The van der Waals surface area contributed by atoms with Gasteiger partial charge in [0.15, 0.2) is 4.34 Å². The first-order chi connectivity index (χ1) is 7.17. The number of hydrogen-bond acceptors (Lipinski definition) is 5. The summed E-state index contributed by atoms with van der Waals surface area (Å²) in [5.74, 6) is 0.964. The van der Waals surface area contributed by atoms with Crippen LogP contribution in [0.3, 0.4) is 0 Å². The molecule has 0 saturated carbocycles. The van der Waals surface area contributed by atoms with E-state index in [0.717, 1.165) is 23.1 Å². The zero-order valence-electron chi connectivity index (χ0n) is 9.78. The van der Waals surface area contributed by atoms with Crippen molar-refractivity contribution < 1.29 is 0 Å². The van der Waals surface area contributed by atoms with E-state index in [1.165, 1.54) is 11.5 Å². The Kier molecular flexibility index (Phi) is 5.56. The van der Waals surface area contributed by atoms with Crippen LogP contribution in [-0.4, -0.2) is 27.2 Å². The van der Waals surface area contributed by atoms with E-state index in [9.17, 15) is 0 Å². The minimum absolute atomic E-state index is 0.508. The highest BCUT2D eigenvalue weighted by Gasteiger charge is 2.14. The van der Waals surface area contributed by atoms with Gasteiger partial charge < -0.3 is 5.32 Å². The largest absolute Gasteiger partial charge is 0.313 e. The molecule has 3 nitrogen and oxygen atoms in total. The molecule has 0 fully saturated rings. The Balaban J connectivity index is 2.46. The van der Waals surface area contributed by atoms with E-state index in [4.69, 9.17) is 0 Å². The summed E-state index contributed by atoms with van der Waals surface area (Å²) in [5, 5.41) is 3.95. The lowest BCUT2D eigenvalue weighted by molar-refractivity contribution is 0.563. The number of thioether (sulfide) groups is 1. The van der Waals surface area contributed by atoms with Gasteiger partial charge in [-0.05, 0) is 25.0 Å². The standard InChI is InChI=1S/C10H19N3S2/c1-5-9-12-10(15-13-9)14-8(4)7(3)11-6-2/h7-8,11H,5-6H2,1-4H3. The first-order valence-corrected chi connectivity index (χ1v) is 7.05. The van der Waals surface area contributed by atoms with Crippen LogP contribution in [0.25, 0.3) is 0 Å². The molecule has 1 aromatic rings. The second-order valence-corrected chi connectivity index (χ2v) is 5.88. The molecule has 1 N–H and O–H groups in total. The molecule has 15 heavy (non-hydrogen) atoms. The van der Waals surface area contributed by atoms with Gasteiger partial charge in [0.1, 0.15) is 5.82 Å². The van der Waals surface area contributed by atoms with Crippen molar-refractivity contribution in [2.24, 2.45) is 0 Å². The van der Waals surface area contributed by atoms with Crippen molar-refractivity contribution in [3.63, 3.8) is 0 Å². The predicted molar refractivity (Wildman–Crippen MR) is 67.7 cm³/mol. The van der Waals surface area contributed by atoms with Gasteiger partial charge in [-0.25, -0.2) is 4.98 Å². The second kappa shape index (κ2) is 6.45. The van der Waals surface area contributed by atoms with Crippen LogP contribution in [0.1, 0.15) is 33.5 Å². The van der Waals surface area contributed by atoms with Crippen LogP contribution >= 0.6 is 23.3 Å². The normalized spacial score (nSPS) is 15.2. The maximum absolute atomic E-state index is 4.45. The molecule has 0 aromatic carbocycles. The Hall–Kier alpha value is -0.130. The van der Waals surface area contributed by atoms with Gasteiger partial charge in [0, 0.05) is 17.7 Å². The Morgan fingerprint density at radius 3 is 2.67 bits per heavy atom. The molecule has 2 atom stereocenters. The predicted octanol–water partition coefficient (Wildman–Crippen LogP) is 2.58. The summed E-state index contributed by atoms with van der Waals surface area (Å²) in [6.07, 6.45) is 0.925. The van der Waals surface area contributed by atoms with Crippen LogP contribution in [0.2, 0.25) is 0 Å². The van der Waals surface area contributed by atoms with E-state index < -0.39 is 0 Å². The van der Waals surface area contributed by atoms with Gasteiger partial charge in [0.05, 0.1) is 0 Å². The quantitative estimate of drug-likeness (QED) is 0.782. The number of nitrogens with zero attached hydrogens (tertiary/aromatic N) is 2. The van der Waals surface area contributed by atoms with Crippen molar-refractivity contribution in [3.05, 3.63) is 5.82 Å². The molecule has 2 unspecified atom stereocenters. The number of aryl methyl sites for hydroxylation is 1. The first kappa shape index (κ1) is 12.9. The number of nitrogens with one attached hydrogen (secondary N) is 1. The van der Waals surface area contributed by atoms with Gasteiger partial charge >= 0.3 is 0 Å². The summed E-state index contributed by atoms with van der Waals surface area (Å²) in [4.78, 5) is 4.45. The molecule has 0 aliphatic heterocycles. The highest BCUT2D eigenvalue weighted by atomic mass is 32.2. The Bertz CT molecular complexity index is 288. The molecule has 0 bridgehead atoms. The zero-order valence-corrected chi connectivity index (χ0v) is 11.4. The van der Waals surface area contributed by atoms with Crippen LogP contribution in [0.5, 0.6) is 0 Å². The van der Waals surface area contributed by atoms with E-state index >= 15 is 0 Å². The highest BCUT2D eigenvalue weighted by molar-refractivity contribution is 8.01. The molecule has 1 aromatic heterocycles. The topological polar surface area (TPSA) is 37.8 Å². The van der Waals surface area contributed by atoms with Gasteiger partial charge in [-0.3, -0.25) is 0 Å². The fraction of sp³-hybridized carbons (Fsp3) is 0.800. The van der Waals surface area contributed by atoms with Crippen LogP contribution in [0.15, 0.2) is 4.34 Å². The molecule has 1 heterocycles. The molecular weight excluding hydrogens is 226 g/mol. The summed E-state index contributed by atoms with van der Waals surface area (Å²) in [5.41, 5.74) is 0. The lowest BCUT2D eigenvalue weighted by Gasteiger charge is -2.18. The number of aromatic nitrogens is 2. The van der Waals surface area contributed by atoms with Crippen LogP contribution in [-0.2, 0) is 6.42 Å². The van der Waals surface area contributed by atoms with Crippen LogP contribution in [0, 0.1) is 0 Å². The van der Waals surface area contributed by atoms with E-state index in [2.05, 4.69) is 42.4 Å². The smallest absolute Gasteiger partial charge is 0.170 e. The lowest BCUT2D eigenvalue weighted by Crippen LogP contribution is -2.33. The first-order valence-electron chi connectivity index (χ1n) is 5.40. The highest BCUT2D eigenvalue weighted by Crippen LogP contribution is 2.26. The van der Waals surface area contributed by atoms with Crippen LogP contribution < -0.4 is 5.32 Å². The molecule has 0 spiro atoms. The van der Waals surface area contributed by atoms with E-state index in [-0.39, 0.29) is 0 Å². The summed E-state index contributed by atoms with van der Waals surface area (Å²) in [6, 6.07) is 0.508. The second-order valence-electron chi connectivity index (χ2n) is 3.50. The molecule has 1 rings (SSSR count). The van der Waals surface area contributed by atoms with Gasteiger partial charge in [-0.15, -0.1) is 0 Å². The molecular formula is C10H19N3S2. The molecule has 5 heteroatoms. The maximum Gasteiger partial charge on any atom is 0.170 e. The van der Waals surface area contributed by atoms with E-state index in [1.807, 2.05) is 11.8 Å². The third-order valence-electron chi connectivity index (χ3n) is 2.28. The van der Waals surface area contributed by atoms with E-state index in [0.29, 0.717) is 11.3 Å².